The molecule has 0 saturated heterocycles. The summed E-state index contributed by atoms with van der Waals surface area (Å²) in [5, 5.41) is 7.80. The van der Waals surface area contributed by atoms with E-state index in [0.717, 1.165) is 13.0 Å². The Morgan fingerprint density at radius 2 is 2.20 bits per heavy atom. The number of nitrogens with zero attached hydrogens (tertiary/aromatic N) is 2. The van der Waals surface area contributed by atoms with Crippen molar-refractivity contribution in [1.82, 2.24) is 9.78 Å². The fourth-order valence-electron chi connectivity index (χ4n) is 1.96. The second kappa shape index (κ2) is 5.34. The molecular weight excluding hydrogens is 301 g/mol. The lowest BCUT2D eigenvalue weighted by atomic mass is 10.3. The number of carbonyl (C=O) groups is 1. The molecule has 1 amide bonds. The van der Waals surface area contributed by atoms with Gasteiger partial charge in [-0.1, -0.05) is 23.2 Å². The second-order valence-corrected chi connectivity index (χ2v) is 5.21. The number of benzene rings is 1. The zero-order chi connectivity index (χ0) is 14.1. The smallest absolute Gasteiger partial charge is 0.276 e. The summed E-state index contributed by atoms with van der Waals surface area (Å²) in [7, 11) is 0. The van der Waals surface area contributed by atoms with Crippen LogP contribution in [0.2, 0.25) is 10.0 Å². The molecule has 2 aromatic rings. The molecule has 7 heteroatoms. The molecular formula is C13H11Cl2N3O2. The van der Waals surface area contributed by atoms with E-state index in [1.807, 2.05) is 0 Å². The third kappa shape index (κ3) is 2.59. The van der Waals surface area contributed by atoms with Crippen molar-refractivity contribution < 1.29 is 9.53 Å². The Morgan fingerprint density at radius 1 is 1.35 bits per heavy atom. The number of aryl methyl sites for hydroxylation is 1. The fraction of sp³-hybridized carbons (Fsp3) is 0.231. The van der Waals surface area contributed by atoms with Gasteiger partial charge in [-0.2, -0.15) is 5.10 Å². The van der Waals surface area contributed by atoms with Crippen LogP contribution in [0, 0.1) is 0 Å². The van der Waals surface area contributed by atoms with E-state index in [1.54, 1.807) is 28.9 Å². The Morgan fingerprint density at radius 3 is 2.95 bits per heavy atom. The molecule has 1 aromatic heterocycles. The molecule has 1 N–H and O–H groups in total. The van der Waals surface area contributed by atoms with Crippen molar-refractivity contribution >= 4 is 34.8 Å². The molecule has 0 spiro atoms. The van der Waals surface area contributed by atoms with Gasteiger partial charge in [0.25, 0.3) is 5.91 Å². The van der Waals surface area contributed by atoms with Gasteiger partial charge in [0.1, 0.15) is 0 Å². The summed E-state index contributed by atoms with van der Waals surface area (Å²) >= 11 is 11.8. The summed E-state index contributed by atoms with van der Waals surface area (Å²) in [5.74, 6) is 0.281. The number of rotatable bonds is 2. The number of ether oxygens (including phenoxy) is 1. The number of carbonyl (C=O) groups excluding carboxylic acids is 1. The Labute approximate surface area is 125 Å². The van der Waals surface area contributed by atoms with Gasteiger partial charge in [-0.25, -0.2) is 4.68 Å². The summed E-state index contributed by atoms with van der Waals surface area (Å²) < 4.78 is 7.10. The SMILES string of the molecule is O=C(Nc1ccc(Cl)cc1Cl)c1cc2n(n1)CCCO2. The van der Waals surface area contributed by atoms with Crippen molar-refractivity contribution in [3.63, 3.8) is 0 Å². The highest BCUT2D eigenvalue weighted by molar-refractivity contribution is 6.36. The van der Waals surface area contributed by atoms with Crippen LogP contribution in [0.15, 0.2) is 24.3 Å². The molecule has 0 radical (unpaired) electrons. The highest BCUT2D eigenvalue weighted by atomic mass is 35.5. The number of fused-ring (bicyclic) bond motifs is 1. The molecule has 1 aliphatic heterocycles. The average Bonchev–Trinajstić information content (AvgIpc) is 2.86. The number of amides is 1. The molecule has 20 heavy (non-hydrogen) atoms. The summed E-state index contributed by atoms with van der Waals surface area (Å²) in [6.07, 6.45) is 0.888. The van der Waals surface area contributed by atoms with E-state index in [9.17, 15) is 4.79 Å². The number of hydrogen-bond donors (Lipinski definition) is 1. The van der Waals surface area contributed by atoms with Crippen molar-refractivity contribution in [2.75, 3.05) is 11.9 Å². The fourth-order valence-corrected chi connectivity index (χ4v) is 2.41. The van der Waals surface area contributed by atoms with Crippen LogP contribution in [-0.2, 0) is 6.54 Å². The quantitative estimate of drug-likeness (QED) is 0.926. The Bertz CT molecular complexity index is 646. The van der Waals surface area contributed by atoms with Crippen molar-refractivity contribution in [2.24, 2.45) is 0 Å². The van der Waals surface area contributed by atoms with Crippen LogP contribution in [0.5, 0.6) is 5.88 Å². The maximum absolute atomic E-state index is 12.1. The van der Waals surface area contributed by atoms with E-state index in [-0.39, 0.29) is 5.91 Å². The standard InChI is InChI=1S/C13H11Cl2N3O2/c14-8-2-3-10(9(15)6-8)16-13(19)11-7-12-18(17-11)4-1-5-20-12/h2-3,6-7H,1,4-5H2,(H,16,19). The largest absolute Gasteiger partial charge is 0.478 e. The molecule has 0 bridgehead atoms. The minimum absolute atomic E-state index is 0.299. The maximum atomic E-state index is 12.1. The third-order valence-electron chi connectivity index (χ3n) is 2.92. The van der Waals surface area contributed by atoms with E-state index in [0.29, 0.717) is 33.9 Å². The maximum Gasteiger partial charge on any atom is 0.276 e. The van der Waals surface area contributed by atoms with Crippen LogP contribution in [0.1, 0.15) is 16.9 Å². The van der Waals surface area contributed by atoms with Crippen molar-refractivity contribution in [1.29, 1.82) is 0 Å². The van der Waals surface area contributed by atoms with Crippen LogP contribution in [0.4, 0.5) is 5.69 Å². The minimum atomic E-state index is -0.334. The first-order valence-corrected chi connectivity index (χ1v) is 6.86. The van der Waals surface area contributed by atoms with E-state index < -0.39 is 0 Å². The zero-order valence-corrected chi connectivity index (χ0v) is 11.9. The number of halogens is 2. The normalized spacial score (nSPS) is 13.5. The monoisotopic (exact) mass is 311 g/mol. The van der Waals surface area contributed by atoms with Gasteiger partial charge in [-0.05, 0) is 18.2 Å². The summed E-state index contributed by atoms with van der Waals surface area (Å²) in [5.41, 5.74) is 0.792. The number of aromatic nitrogens is 2. The second-order valence-electron chi connectivity index (χ2n) is 4.37. The van der Waals surface area contributed by atoms with Crippen molar-refractivity contribution in [3.05, 3.63) is 40.0 Å². The molecule has 1 aromatic carbocycles. The Balaban J connectivity index is 1.80. The van der Waals surface area contributed by atoms with Gasteiger partial charge in [0, 0.05) is 24.1 Å². The molecule has 104 valence electrons. The molecule has 1 aliphatic rings. The first-order chi connectivity index (χ1) is 9.63. The minimum Gasteiger partial charge on any atom is -0.478 e. The highest BCUT2D eigenvalue weighted by Crippen LogP contribution is 2.26. The van der Waals surface area contributed by atoms with Crippen LogP contribution in [0.25, 0.3) is 0 Å². The third-order valence-corrected chi connectivity index (χ3v) is 3.47. The number of anilines is 1. The topological polar surface area (TPSA) is 56.2 Å². The van der Waals surface area contributed by atoms with E-state index in [2.05, 4.69) is 10.4 Å². The van der Waals surface area contributed by atoms with Gasteiger partial charge >= 0.3 is 0 Å². The van der Waals surface area contributed by atoms with E-state index >= 15 is 0 Å². The Kier molecular flexibility index (Phi) is 3.54. The van der Waals surface area contributed by atoms with Crippen LogP contribution in [-0.4, -0.2) is 22.3 Å². The lowest BCUT2D eigenvalue weighted by Crippen LogP contribution is -2.16. The Hall–Kier alpha value is -1.72. The van der Waals surface area contributed by atoms with Crippen molar-refractivity contribution in [3.8, 4) is 5.88 Å². The van der Waals surface area contributed by atoms with Gasteiger partial charge in [-0.15, -0.1) is 0 Å². The number of hydrogen-bond acceptors (Lipinski definition) is 3. The predicted molar refractivity (Wildman–Crippen MR) is 76.8 cm³/mol. The molecule has 2 heterocycles. The lowest BCUT2D eigenvalue weighted by molar-refractivity contribution is 0.102. The molecule has 0 unspecified atom stereocenters. The van der Waals surface area contributed by atoms with Crippen LogP contribution < -0.4 is 10.1 Å². The first kappa shape index (κ1) is 13.3. The molecule has 3 rings (SSSR count). The van der Waals surface area contributed by atoms with Crippen LogP contribution >= 0.6 is 23.2 Å². The summed E-state index contributed by atoms with van der Waals surface area (Å²) in [4.78, 5) is 12.1. The van der Waals surface area contributed by atoms with Gasteiger partial charge in [0.2, 0.25) is 5.88 Å². The van der Waals surface area contributed by atoms with Gasteiger partial charge in [0.15, 0.2) is 5.69 Å². The molecule has 5 nitrogen and oxygen atoms in total. The molecule has 0 saturated carbocycles. The summed E-state index contributed by atoms with van der Waals surface area (Å²) in [6.45, 7) is 1.40. The van der Waals surface area contributed by atoms with Gasteiger partial charge in [-0.3, -0.25) is 4.79 Å². The molecule has 0 fully saturated rings. The highest BCUT2D eigenvalue weighted by Gasteiger charge is 2.18. The lowest BCUT2D eigenvalue weighted by Gasteiger charge is -2.13. The summed E-state index contributed by atoms with van der Waals surface area (Å²) in [6, 6.07) is 6.50. The predicted octanol–water partition coefficient (Wildman–Crippen LogP) is 3.22. The molecule has 0 aliphatic carbocycles. The van der Waals surface area contributed by atoms with E-state index in [4.69, 9.17) is 27.9 Å². The zero-order valence-electron chi connectivity index (χ0n) is 10.4. The van der Waals surface area contributed by atoms with Crippen LogP contribution in [0.3, 0.4) is 0 Å². The number of nitrogens with one attached hydrogen (secondary N) is 1. The van der Waals surface area contributed by atoms with Gasteiger partial charge < -0.3 is 10.1 Å². The average molecular weight is 312 g/mol. The first-order valence-electron chi connectivity index (χ1n) is 6.10. The molecule has 0 atom stereocenters. The van der Waals surface area contributed by atoms with E-state index in [1.165, 1.54) is 0 Å². The van der Waals surface area contributed by atoms with Gasteiger partial charge in [0.05, 0.1) is 17.3 Å². The van der Waals surface area contributed by atoms with Crippen molar-refractivity contribution in [2.45, 2.75) is 13.0 Å².